The summed E-state index contributed by atoms with van der Waals surface area (Å²) >= 11 is 6.04. The molecule has 10 heteroatoms. The van der Waals surface area contributed by atoms with Gasteiger partial charge in [0.25, 0.3) is 21.8 Å². The molecule has 0 bridgehead atoms. The Kier molecular flexibility index (Phi) is 6.47. The number of carbonyl (C=O) groups excluding carboxylic acids is 2. The van der Waals surface area contributed by atoms with Crippen LogP contribution in [0.2, 0.25) is 5.02 Å². The predicted molar refractivity (Wildman–Crippen MR) is 113 cm³/mol. The lowest BCUT2D eigenvalue weighted by molar-refractivity contribution is -0.0258. The van der Waals surface area contributed by atoms with E-state index in [2.05, 4.69) is 10.6 Å². The standard InChI is InChI=1S/C20H22ClN3O5S/c1-12-4-5-13(19(25)22-15-7-8-15)10-17(12)23-20(26)14-6-9-16(21)18(11-14)30(27,28)24(2)29-3/h4-6,9-11,15H,7-8H2,1-3H3,(H,22,25)(H,23,26). The second-order valence-corrected chi connectivity index (χ2v) is 9.29. The monoisotopic (exact) mass is 451 g/mol. The number of anilines is 1. The van der Waals surface area contributed by atoms with Crippen LogP contribution >= 0.6 is 11.6 Å². The molecule has 0 aromatic heterocycles. The van der Waals surface area contributed by atoms with Crippen LogP contribution in [-0.2, 0) is 14.9 Å². The smallest absolute Gasteiger partial charge is 0.266 e. The fourth-order valence-corrected chi connectivity index (χ4v) is 4.14. The van der Waals surface area contributed by atoms with Crippen LogP contribution in [0.1, 0.15) is 39.1 Å². The molecule has 3 rings (SSSR count). The fourth-order valence-electron chi connectivity index (χ4n) is 2.67. The summed E-state index contributed by atoms with van der Waals surface area (Å²) in [7, 11) is -1.61. The van der Waals surface area contributed by atoms with Gasteiger partial charge < -0.3 is 10.6 Å². The van der Waals surface area contributed by atoms with Gasteiger partial charge in [-0.3, -0.25) is 14.4 Å². The van der Waals surface area contributed by atoms with Crippen molar-refractivity contribution in [3.63, 3.8) is 0 Å². The first-order chi connectivity index (χ1) is 14.1. The lowest BCUT2D eigenvalue weighted by atomic mass is 10.1. The third kappa shape index (κ3) is 4.81. The Balaban J connectivity index is 1.86. The molecule has 1 aliphatic rings. The molecular formula is C20H22ClN3O5S. The summed E-state index contributed by atoms with van der Waals surface area (Å²) in [5.41, 5.74) is 1.74. The molecule has 0 spiro atoms. The molecule has 1 fully saturated rings. The van der Waals surface area contributed by atoms with Crippen LogP contribution in [-0.4, -0.2) is 44.9 Å². The highest BCUT2D eigenvalue weighted by Crippen LogP contribution is 2.26. The van der Waals surface area contributed by atoms with Gasteiger partial charge in [0.15, 0.2) is 0 Å². The normalized spacial score (nSPS) is 13.9. The van der Waals surface area contributed by atoms with Gasteiger partial charge in [-0.1, -0.05) is 22.1 Å². The summed E-state index contributed by atoms with van der Waals surface area (Å²) in [6.07, 6.45) is 1.95. The Morgan fingerprint density at radius 2 is 1.73 bits per heavy atom. The second kappa shape index (κ2) is 8.73. The highest BCUT2D eigenvalue weighted by molar-refractivity contribution is 7.89. The van der Waals surface area contributed by atoms with Crippen molar-refractivity contribution in [3.05, 3.63) is 58.1 Å². The average Bonchev–Trinajstić information content (AvgIpc) is 3.52. The highest BCUT2D eigenvalue weighted by atomic mass is 35.5. The van der Waals surface area contributed by atoms with Crippen molar-refractivity contribution >= 4 is 39.1 Å². The molecule has 160 valence electrons. The van der Waals surface area contributed by atoms with E-state index in [-0.39, 0.29) is 27.4 Å². The zero-order valence-electron chi connectivity index (χ0n) is 16.7. The van der Waals surface area contributed by atoms with Gasteiger partial charge in [-0.2, -0.15) is 0 Å². The van der Waals surface area contributed by atoms with Gasteiger partial charge in [0.1, 0.15) is 4.90 Å². The summed E-state index contributed by atoms with van der Waals surface area (Å²) in [5.74, 6) is -0.735. The Labute approximate surface area is 180 Å². The molecule has 30 heavy (non-hydrogen) atoms. The van der Waals surface area contributed by atoms with Gasteiger partial charge in [-0.05, 0) is 55.7 Å². The van der Waals surface area contributed by atoms with Crippen LogP contribution in [0.3, 0.4) is 0 Å². The van der Waals surface area contributed by atoms with Crippen LogP contribution in [0.5, 0.6) is 0 Å². The number of hydrogen-bond acceptors (Lipinski definition) is 5. The van der Waals surface area contributed by atoms with E-state index in [1.807, 2.05) is 0 Å². The number of halogens is 1. The van der Waals surface area contributed by atoms with Crippen molar-refractivity contribution in [1.82, 2.24) is 9.79 Å². The van der Waals surface area contributed by atoms with E-state index in [4.69, 9.17) is 16.4 Å². The fraction of sp³-hybridized carbons (Fsp3) is 0.300. The van der Waals surface area contributed by atoms with Gasteiger partial charge >= 0.3 is 0 Å². The zero-order valence-corrected chi connectivity index (χ0v) is 18.3. The van der Waals surface area contributed by atoms with Gasteiger partial charge in [0.2, 0.25) is 0 Å². The molecule has 1 saturated carbocycles. The maximum Gasteiger partial charge on any atom is 0.266 e. The summed E-state index contributed by atoms with van der Waals surface area (Å²) in [5, 5.41) is 5.59. The van der Waals surface area contributed by atoms with Crippen LogP contribution in [0.15, 0.2) is 41.3 Å². The Morgan fingerprint density at radius 1 is 1.10 bits per heavy atom. The van der Waals surface area contributed by atoms with E-state index in [1.165, 1.54) is 32.4 Å². The maximum atomic E-state index is 12.8. The Bertz CT molecular complexity index is 1100. The van der Waals surface area contributed by atoms with Crippen molar-refractivity contribution in [1.29, 1.82) is 0 Å². The van der Waals surface area contributed by atoms with Crippen molar-refractivity contribution in [2.45, 2.75) is 30.7 Å². The quantitative estimate of drug-likeness (QED) is 0.629. The Hall–Kier alpha value is -2.46. The molecule has 8 nitrogen and oxygen atoms in total. The van der Waals surface area contributed by atoms with E-state index >= 15 is 0 Å². The summed E-state index contributed by atoms with van der Waals surface area (Å²) in [6, 6.07) is 9.18. The van der Waals surface area contributed by atoms with Crippen LogP contribution in [0.25, 0.3) is 0 Å². The molecule has 2 aromatic rings. The van der Waals surface area contributed by atoms with Crippen molar-refractivity contribution < 1.29 is 22.8 Å². The molecule has 0 heterocycles. The first-order valence-electron chi connectivity index (χ1n) is 9.19. The number of aryl methyl sites for hydroxylation is 1. The Morgan fingerprint density at radius 3 is 2.37 bits per heavy atom. The largest absolute Gasteiger partial charge is 0.349 e. The average molecular weight is 452 g/mol. The molecule has 0 unspecified atom stereocenters. The summed E-state index contributed by atoms with van der Waals surface area (Å²) in [4.78, 5) is 29.5. The van der Waals surface area contributed by atoms with E-state index < -0.39 is 15.9 Å². The van der Waals surface area contributed by atoms with Crippen LogP contribution in [0.4, 0.5) is 5.69 Å². The number of sulfonamides is 1. The van der Waals surface area contributed by atoms with Crippen LogP contribution < -0.4 is 10.6 Å². The third-order valence-electron chi connectivity index (χ3n) is 4.73. The van der Waals surface area contributed by atoms with E-state index in [0.29, 0.717) is 15.7 Å². The topological polar surface area (TPSA) is 105 Å². The van der Waals surface area contributed by atoms with Gasteiger partial charge in [-0.25, -0.2) is 8.42 Å². The summed E-state index contributed by atoms with van der Waals surface area (Å²) < 4.78 is 25.7. The molecule has 1 aliphatic carbocycles. The van der Waals surface area contributed by atoms with E-state index in [0.717, 1.165) is 18.4 Å². The maximum absolute atomic E-state index is 12.8. The van der Waals surface area contributed by atoms with E-state index in [1.54, 1.807) is 25.1 Å². The number of nitrogens with zero attached hydrogens (tertiary/aromatic N) is 1. The third-order valence-corrected chi connectivity index (χ3v) is 6.89. The number of hydroxylamine groups is 1. The van der Waals surface area contributed by atoms with Crippen molar-refractivity contribution in [2.24, 2.45) is 0 Å². The minimum atomic E-state index is -4.03. The number of hydrogen-bond donors (Lipinski definition) is 2. The summed E-state index contributed by atoms with van der Waals surface area (Å²) in [6.45, 7) is 1.80. The molecule has 0 aliphatic heterocycles. The van der Waals surface area contributed by atoms with Gasteiger partial charge in [-0.15, -0.1) is 0 Å². The minimum Gasteiger partial charge on any atom is -0.349 e. The number of nitrogens with one attached hydrogen (secondary N) is 2. The highest BCUT2D eigenvalue weighted by Gasteiger charge is 2.26. The zero-order chi connectivity index (χ0) is 22.1. The van der Waals surface area contributed by atoms with Crippen molar-refractivity contribution in [2.75, 3.05) is 19.5 Å². The molecule has 0 radical (unpaired) electrons. The van der Waals surface area contributed by atoms with Crippen LogP contribution in [0, 0.1) is 6.92 Å². The first-order valence-corrected chi connectivity index (χ1v) is 11.0. The second-order valence-electron chi connectivity index (χ2n) is 6.97. The molecule has 0 saturated heterocycles. The predicted octanol–water partition coefficient (Wildman–Crippen LogP) is 2.97. The molecular weight excluding hydrogens is 430 g/mol. The van der Waals surface area contributed by atoms with Gasteiger partial charge in [0, 0.05) is 29.9 Å². The minimum absolute atomic E-state index is 0.0367. The van der Waals surface area contributed by atoms with Gasteiger partial charge in [0.05, 0.1) is 12.1 Å². The lowest BCUT2D eigenvalue weighted by Crippen LogP contribution is -2.26. The number of carbonyl (C=O) groups is 2. The SMILES string of the molecule is CON(C)S(=O)(=O)c1cc(C(=O)Nc2cc(C(=O)NC3CC3)ccc2C)ccc1Cl. The van der Waals surface area contributed by atoms with E-state index in [9.17, 15) is 18.0 Å². The molecule has 0 atom stereocenters. The number of benzene rings is 2. The molecule has 2 N–H and O–H groups in total. The lowest BCUT2D eigenvalue weighted by Gasteiger charge is -2.16. The van der Waals surface area contributed by atoms with Crippen molar-refractivity contribution in [3.8, 4) is 0 Å². The molecule has 2 amide bonds. The number of amides is 2. The molecule has 2 aromatic carbocycles. The number of rotatable bonds is 7. The first kappa shape index (κ1) is 22.2.